The van der Waals surface area contributed by atoms with Crippen LogP contribution in [0.3, 0.4) is 0 Å². The maximum atomic E-state index is 12.8. The van der Waals surface area contributed by atoms with Gasteiger partial charge in [-0.2, -0.15) is 0 Å². The van der Waals surface area contributed by atoms with Crippen molar-refractivity contribution in [2.75, 3.05) is 0 Å². The summed E-state index contributed by atoms with van der Waals surface area (Å²) in [5.41, 5.74) is 0.154. The van der Waals surface area contributed by atoms with Crippen molar-refractivity contribution in [1.82, 2.24) is 10.3 Å². The molecule has 2 aliphatic rings. The van der Waals surface area contributed by atoms with Crippen molar-refractivity contribution in [3.63, 3.8) is 0 Å². The van der Waals surface area contributed by atoms with Gasteiger partial charge in [-0.05, 0) is 74.8 Å². The van der Waals surface area contributed by atoms with Crippen molar-refractivity contribution < 1.29 is 39.1 Å². The highest BCUT2D eigenvalue weighted by Crippen LogP contribution is 2.36. The van der Waals surface area contributed by atoms with Gasteiger partial charge in [0.1, 0.15) is 11.7 Å². The van der Waals surface area contributed by atoms with E-state index in [1.54, 1.807) is 43.6 Å². The van der Waals surface area contributed by atoms with Gasteiger partial charge in [0.25, 0.3) is 0 Å². The Labute approximate surface area is 267 Å². The summed E-state index contributed by atoms with van der Waals surface area (Å²) in [5, 5.41) is 34.6. The van der Waals surface area contributed by atoms with E-state index in [9.17, 15) is 24.9 Å². The first-order valence-corrected chi connectivity index (χ1v) is 16.1. The van der Waals surface area contributed by atoms with Crippen LogP contribution in [0.1, 0.15) is 79.2 Å². The number of pyridine rings is 1. The molecule has 0 aromatic carbocycles. The van der Waals surface area contributed by atoms with Crippen LogP contribution in [0.4, 0.5) is 4.79 Å². The Morgan fingerprint density at radius 2 is 1.98 bits per heavy atom. The highest BCUT2D eigenvalue weighted by molar-refractivity contribution is 5.70. The van der Waals surface area contributed by atoms with Crippen LogP contribution >= 0.6 is 0 Å². The van der Waals surface area contributed by atoms with Gasteiger partial charge < -0.3 is 34.8 Å². The Bertz CT molecular complexity index is 1180. The number of ether oxygens (including phenoxy) is 3. The lowest BCUT2D eigenvalue weighted by Gasteiger charge is -2.32. The number of epoxide rings is 1. The van der Waals surface area contributed by atoms with E-state index in [-0.39, 0.29) is 61.9 Å². The van der Waals surface area contributed by atoms with Gasteiger partial charge in [-0.3, -0.25) is 9.78 Å². The number of hydrogen-bond acceptors (Lipinski definition) is 9. The quantitative estimate of drug-likeness (QED) is 0.117. The molecule has 1 aromatic rings. The first-order valence-electron chi connectivity index (χ1n) is 16.1. The van der Waals surface area contributed by atoms with Gasteiger partial charge in [-0.1, -0.05) is 52.0 Å². The molecule has 10 heteroatoms. The van der Waals surface area contributed by atoms with E-state index in [1.807, 2.05) is 39.8 Å². The molecule has 4 N–H and O–H groups in total. The minimum Gasteiger partial charge on any atom is -0.457 e. The molecule has 3 rings (SSSR count). The van der Waals surface area contributed by atoms with Crippen molar-refractivity contribution in [1.29, 1.82) is 0 Å². The summed E-state index contributed by atoms with van der Waals surface area (Å²) in [5.74, 6) is -0.508. The molecule has 1 fully saturated rings. The van der Waals surface area contributed by atoms with Gasteiger partial charge in [0, 0.05) is 30.8 Å². The zero-order valence-corrected chi connectivity index (χ0v) is 27.5. The third-order valence-corrected chi connectivity index (χ3v) is 8.76. The summed E-state index contributed by atoms with van der Waals surface area (Å²) in [6, 6.07) is 3.56. The van der Waals surface area contributed by atoms with Crippen LogP contribution in [0.25, 0.3) is 0 Å². The minimum absolute atomic E-state index is 0.0905. The number of esters is 1. The number of alkyl carbamates (subject to hydrolysis) is 1. The Balaban J connectivity index is 1.69. The van der Waals surface area contributed by atoms with E-state index in [2.05, 4.69) is 23.3 Å². The van der Waals surface area contributed by atoms with E-state index in [0.29, 0.717) is 6.42 Å². The Morgan fingerprint density at radius 1 is 1.27 bits per heavy atom. The average Bonchev–Trinajstić information content (AvgIpc) is 3.77. The van der Waals surface area contributed by atoms with Crippen LogP contribution < -0.4 is 5.32 Å². The van der Waals surface area contributed by atoms with Gasteiger partial charge in [-0.15, -0.1) is 0 Å². The number of rotatable bonds is 11. The van der Waals surface area contributed by atoms with Gasteiger partial charge in [0.2, 0.25) is 0 Å². The lowest BCUT2D eigenvalue weighted by Crippen LogP contribution is -2.44. The van der Waals surface area contributed by atoms with E-state index in [4.69, 9.17) is 14.2 Å². The van der Waals surface area contributed by atoms with Gasteiger partial charge in [-0.25, -0.2) is 4.79 Å². The van der Waals surface area contributed by atoms with E-state index in [1.165, 1.54) is 0 Å². The second-order valence-corrected chi connectivity index (χ2v) is 12.9. The number of nitrogens with one attached hydrogen (secondary N) is 1. The fourth-order valence-corrected chi connectivity index (χ4v) is 5.62. The van der Waals surface area contributed by atoms with Crippen LogP contribution in [0, 0.1) is 17.8 Å². The summed E-state index contributed by atoms with van der Waals surface area (Å²) in [6.45, 7) is 11.7. The van der Waals surface area contributed by atoms with Crippen molar-refractivity contribution in [3.8, 4) is 0 Å². The van der Waals surface area contributed by atoms with Crippen LogP contribution in [0.5, 0.6) is 0 Å². The number of aromatic nitrogens is 1. The number of aliphatic hydroxyl groups excluding tert-OH is 2. The fourth-order valence-electron chi connectivity index (χ4n) is 5.62. The molecule has 2 aliphatic heterocycles. The van der Waals surface area contributed by atoms with E-state index >= 15 is 0 Å². The van der Waals surface area contributed by atoms with Gasteiger partial charge in [0.15, 0.2) is 6.10 Å². The monoisotopic (exact) mass is 628 g/mol. The molecule has 250 valence electrons. The molecule has 3 heterocycles. The average molecular weight is 629 g/mol. The largest absolute Gasteiger partial charge is 0.457 e. The number of nitrogens with zero attached hydrogens (tertiary/aromatic N) is 1. The van der Waals surface area contributed by atoms with Crippen LogP contribution in [-0.4, -0.2) is 74.6 Å². The smallest absolute Gasteiger partial charge is 0.408 e. The number of cyclic esters (lactones) is 1. The first kappa shape index (κ1) is 36.4. The Kier molecular flexibility index (Phi) is 13.8. The lowest BCUT2D eigenvalue weighted by molar-refractivity contribution is -0.151. The topological polar surface area (TPSA) is 151 Å². The van der Waals surface area contributed by atoms with Crippen LogP contribution in [0.2, 0.25) is 0 Å². The summed E-state index contributed by atoms with van der Waals surface area (Å²) >= 11 is 0. The standard InChI is InChI=1S/C35H52N2O8/c1-7-28(39)25(5)33-29(43-33)19-22(2)9-8-10-23(3)32-24(4)11-12-30(35(6,42)16-13-27(38)20-31(40)45-32)44-34(41)37-21-26-14-17-36-18-15-26/h8-12,14-15,17-18,22,24-25,27-30,32-33,38-39,42H,7,13,16,19-21H2,1-6H3,(H,37,41)/b9-8+,12-11-,23-10+. The predicted molar refractivity (Wildman–Crippen MR) is 171 cm³/mol. The fraction of sp³-hybridized carbons (Fsp3) is 0.629. The SMILES string of the molecule is CCC(O)C(C)C1OC1CC(C)/C=C/C=C(\C)C1OC(=O)CC(O)CCC(C)(O)C(OC(=O)NCc2ccncc2)/C=C\C1C. The highest BCUT2D eigenvalue weighted by Gasteiger charge is 2.45. The second kappa shape index (κ2) is 17.0. The number of allylic oxidation sites excluding steroid dienone is 3. The number of hydrogen-bond donors (Lipinski definition) is 4. The highest BCUT2D eigenvalue weighted by atomic mass is 16.6. The second-order valence-electron chi connectivity index (χ2n) is 12.9. The van der Waals surface area contributed by atoms with Crippen molar-refractivity contribution in [2.45, 2.75) is 122 Å². The number of carbonyl (C=O) groups excluding carboxylic acids is 2. The van der Waals surface area contributed by atoms with Crippen LogP contribution in [0.15, 0.2) is 60.5 Å². The zero-order chi connectivity index (χ0) is 33.1. The summed E-state index contributed by atoms with van der Waals surface area (Å²) < 4.78 is 17.3. The minimum atomic E-state index is -1.50. The van der Waals surface area contributed by atoms with Crippen molar-refractivity contribution >= 4 is 12.1 Å². The molecule has 0 bridgehead atoms. The zero-order valence-electron chi connectivity index (χ0n) is 27.5. The van der Waals surface area contributed by atoms with E-state index in [0.717, 1.165) is 17.6 Å². The molecule has 1 amide bonds. The maximum Gasteiger partial charge on any atom is 0.408 e. The molecule has 10 atom stereocenters. The summed E-state index contributed by atoms with van der Waals surface area (Å²) in [7, 11) is 0. The maximum absolute atomic E-state index is 12.8. The van der Waals surface area contributed by atoms with Crippen LogP contribution in [-0.2, 0) is 25.5 Å². The molecule has 0 saturated carbocycles. The molecule has 0 radical (unpaired) electrons. The molecule has 10 nitrogen and oxygen atoms in total. The molecule has 10 unspecified atom stereocenters. The normalized spacial score (nSPS) is 32.4. The summed E-state index contributed by atoms with van der Waals surface area (Å²) in [6.07, 6.45) is 10.7. The molecule has 1 saturated heterocycles. The van der Waals surface area contributed by atoms with Crippen molar-refractivity contribution in [2.24, 2.45) is 17.8 Å². The van der Waals surface area contributed by atoms with Crippen molar-refractivity contribution in [3.05, 3.63) is 66.0 Å². The van der Waals surface area contributed by atoms with Gasteiger partial charge >= 0.3 is 12.1 Å². The first-order chi connectivity index (χ1) is 21.3. The number of amides is 1. The third-order valence-electron chi connectivity index (χ3n) is 8.76. The molecule has 0 aliphatic carbocycles. The lowest BCUT2D eigenvalue weighted by atomic mass is 9.88. The molecule has 0 spiro atoms. The predicted octanol–water partition coefficient (Wildman–Crippen LogP) is 4.78. The molecule has 45 heavy (non-hydrogen) atoms. The van der Waals surface area contributed by atoms with E-state index < -0.39 is 36.0 Å². The summed E-state index contributed by atoms with van der Waals surface area (Å²) in [4.78, 5) is 29.4. The molecular formula is C35H52N2O8. The molecular weight excluding hydrogens is 576 g/mol. The third kappa shape index (κ3) is 11.7. The molecule has 1 aromatic heterocycles. The Hall–Kier alpha value is -3.05. The number of carbonyl (C=O) groups is 2. The van der Waals surface area contributed by atoms with Gasteiger partial charge in [0.05, 0.1) is 30.8 Å². The Morgan fingerprint density at radius 3 is 2.67 bits per heavy atom. The number of aliphatic hydroxyl groups is 3.